The molecule has 0 amide bonds. The number of benzene rings is 2. The van der Waals surface area contributed by atoms with Gasteiger partial charge in [-0.1, -0.05) is 24.3 Å². The lowest BCUT2D eigenvalue weighted by molar-refractivity contribution is 0.0527. The molecule has 110 valence electrons. The minimum atomic E-state index is -0.368. The highest BCUT2D eigenvalue weighted by Crippen LogP contribution is 2.23. The molecule has 4 heteroatoms. The summed E-state index contributed by atoms with van der Waals surface area (Å²) in [6.07, 6.45) is 0. The molecule has 0 aliphatic heterocycles. The predicted octanol–water partition coefficient (Wildman–Crippen LogP) is 4.18. The number of ether oxygens (including phenoxy) is 1. The SMILES string of the molecule is CCOC(=O)c1ccccc1NC(C)c1cccc(F)c1. The minimum Gasteiger partial charge on any atom is -0.462 e. The molecule has 1 unspecified atom stereocenters. The van der Waals surface area contributed by atoms with E-state index >= 15 is 0 Å². The fraction of sp³-hybridized carbons (Fsp3) is 0.235. The van der Waals surface area contributed by atoms with Crippen LogP contribution in [0, 0.1) is 5.82 Å². The largest absolute Gasteiger partial charge is 0.462 e. The first-order chi connectivity index (χ1) is 10.1. The zero-order chi connectivity index (χ0) is 15.2. The Morgan fingerprint density at radius 1 is 1.24 bits per heavy atom. The van der Waals surface area contributed by atoms with Crippen LogP contribution in [0.3, 0.4) is 0 Å². The number of rotatable bonds is 5. The predicted molar refractivity (Wildman–Crippen MR) is 80.8 cm³/mol. The van der Waals surface area contributed by atoms with E-state index in [1.807, 2.05) is 25.1 Å². The Kier molecular flexibility index (Phi) is 4.93. The van der Waals surface area contributed by atoms with E-state index in [-0.39, 0.29) is 17.8 Å². The van der Waals surface area contributed by atoms with E-state index in [9.17, 15) is 9.18 Å². The van der Waals surface area contributed by atoms with E-state index in [2.05, 4.69) is 5.32 Å². The zero-order valence-electron chi connectivity index (χ0n) is 12.1. The summed E-state index contributed by atoms with van der Waals surface area (Å²) in [5.74, 6) is -0.646. The Balaban J connectivity index is 2.21. The molecule has 21 heavy (non-hydrogen) atoms. The molecule has 0 heterocycles. The normalized spacial score (nSPS) is 11.8. The summed E-state index contributed by atoms with van der Waals surface area (Å²) in [7, 11) is 0. The molecular weight excluding hydrogens is 269 g/mol. The van der Waals surface area contributed by atoms with Crippen LogP contribution in [0.5, 0.6) is 0 Å². The fourth-order valence-corrected chi connectivity index (χ4v) is 2.09. The Morgan fingerprint density at radius 2 is 2.00 bits per heavy atom. The number of anilines is 1. The molecule has 1 N–H and O–H groups in total. The van der Waals surface area contributed by atoms with Crippen LogP contribution in [-0.2, 0) is 4.74 Å². The van der Waals surface area contributed by atoms with Crippen molar-refractivity contribution in [1.29, 1.82) is 0 Å². The third kappa shape index (κ3) is 3.81. The van der Waals surface area contributed by atoms with Crippen molar-refractivity contribution in [3.8, 4) is 0 Å². The van der Waals surface area contributed by atoms with Crippen LogP contribution in [0.15, 0.2) is 48.5 Å². The van der Waals surface area contributed by atoms with Crippen LogP contribution in [-0.4, -0.2) is 12.6 Å². The Morgan fingerprint density at radius 3 is 2.71 bits per heavy atom. The van der Waals surface area contributed by atoms with Gasteiger partial charge in [0.15, 0.2) is 0 Å². The number of nitrogens with one attached hydrogen (secondary N) is 1. The second kappa shape index (κ2) is 6.88. The van der Waals surface area contributed by atoms with Crippen LogP contribution in [0.25, 0.3) is 0 Å². The molecule has 0 saturated carbocycles. The average molecular weight is 287 g/mol. The van der Waals surface area contributed by atoms with Crippen LogP contribution in [0.1, 0.15) is 35.8 Å². The lowest BCUT2D eigenvalue weighted by Crippen LogP contribution is -2.12. The summed E-state index contributed by atoms with van der Waals surface area (Å²) in [4.78, 5) is 11.9. The molecule has 0 bridgehead atoms. The van der Waals surface area contributed by atoms with Gasteiger partial charge in [0, 0.05) is 11.7 Å². The summed E-state index contributed by atoms with van der Waals surface area (Å²) >= 11 is 0. The average Bonchev–Trinajstić information content (AvgIpc) is 2.48. The van der Waals surface area contributed by atoms with E-state index in [1.165, 1.54) is 12.1 Å². The first-order valence-electron chi connectivity index (χ1n) is 6.90. The molecule has 0 spiro atoms. The van der Waals surface area contributed by atoms with Crippen LogP contribution >= 0.6 is 0 Å². The van der Waals surface area contributed by atoms with E-state index in [0.717, 1.165) is 5.56 Å². The van der Waals surface area contributed by atoms with Crippen molar-refractivity contribution in [1.82, 2.24) is 0 Å². The summed E-state index contributed by atoms with van der Waals surface area (Å²) in [5.41, 5.74) is 1.96. The van der Waals surface area contributed by atoms with Gasteiger partial charge in [0.2, 0.25) is 0 Å². The summed E-state index contributed by atoms with van der Waals surface area (Å²) in [6.45, 7) is 4.01. The molecule has 0 fully saturated rings. The molecule has 2 rings (SSSR count). The van der Waals surface area contributed by atoms with Crippen molar-refractivity contribution in [3.05, 3.63) is 65.5 Å². The summed E-state index contributed by atoms with van der Waals surface area (Å²) < 4.78 is 18.3. The second-order valence-corrected chi connectivity index (χ2v) is 4.69. The third-order valence-corrected chi connectivity index (χ3v) is 3.14. The first-order valence-corrected chi connectivity index (χ1v) is 6.90. The maximum Gasteiger partial charge on any atom is 0.340 e. The van der Waals surface area contributed by atoms with Crippen molar-refractivity contribution in [2.24, 2.45) is 0 Å². The van der Waals surface area contributed by atoms with Gasteiger partial charge in [-0.2, -0.15) is 0 Å². The highest BCUT2D eigenvalue weighted by molar-refractivity contribution is 5.95. The molecule has 3 nitrogen and oxygen atoms in total. The van der Waals surface area contributed by atoms with E-state index < -0.39 is 0 Å². The number of hydrogen-bond donors (Lipinski definition) is 1. The molecule has 0 aromatic heterocycles. The second-order valence-electron chi connectivity index (χ2n) is 4.69. The van der Waals surface area contributed by atoms with Crippen molar-refractivity contribution in [2.75, 3.05) is 11.9 Å². The number of halogens is 1. The van der Waals surface area contributed by atoms with Crippen molar-refractivity contribution in [3.63, 3.8) is 0 Å². The van der Waals surface area contributed by atoms with Crippen LogP contribution in [0.4, 0.5) is 10.1 Å². The van der Waals surface area contributed by atoms with Gasteiger partial charge in [-0.05, 0) is 43.7 Å². The van der Waals surface area contributed by atoms with Crippen LogP contribution < -0.4 is 5.32 Å². The molecular formula is C17H18FNO2. The molecule has 0 radical (unpaired) electrons. The Hall–Kier alpha value is -2.36. The maximum absolute atomic E-state index is 13.3. The molecule has 2 aromatic rings. The van der Waals surface area contributed by atoms with Crippen LogP contribution in [0.2, 0.25) is 0 Å². The van der Waals surface area contributed by atoms with Gasteiger partial charge in [-0.3, -0.25) is 0 Å². The third-order valence-electron chi connectivity index (χ3n) is 3.14. The fourth-order valence-electron chi connectivity index (χ4n) is 2.09. The lowest BCUT2D eigenvalue weighted by atomic mass is 10.1. The van der Waals surface area contributed by atoms with Gasteiger partial charge in [-0.25, -0.2) is 9.18 Å². The highest BCUT2D eigenvalue weighted by Gasteiger charge is 2.14. The van der Waals surface area contributed by atoms with Gasteiger partial charge in [-0.15, -0.1) is 0 Å². The number of esters is 1. The van der Waals surface area contributed by atoms with Crippen molar-refractivity contribution >= 4 is 11.7 Å². The van der Waals surface area contributed by atoms with Crippen molar-refractivity contribution in [2.45, 2.75) is 19.9 Å². The highest BCUT2D eigenvalue weighted by atomic mass is 19.1. The maximum atomic E-state index is 13.3. The summed E-state index contributed by atoms with van der Waals surface area (Å²) in [5, 5.41) is 3.23. The van der Waals surface area contributed by atoms with Gasteiger partial charge in [0.05, 0.1) is 12.2 Å². The quantitative estimate of drug-likeness (QED) is 0.839. The number of para-hydroxylation sites is 1. The standard InChI is InChI=1S/C17H18FNO2/c1-3-21-17(20)15-9-4-5-10-16(15)19-12(2)13-7-6-8-14(18)11-13/h4-12,19H,3H2,1-2H3. The van der Waals surface area contributed by atoms with Crippen molar-refractivity contribution < 1.29 is 13.9 Å². The first kappa shape index (κ1) is 15.0. The van der Waals surface area contributed by atoms with E-state index in [4.69, 9.17) is 4.74 Å². The smallest absolute Gasteiger partial charge is 0.340 e. The molecule has 0 aliphatic rings. The molecule has 0 aliphatic carbocycles. The number of carbonyl (C=O) groups excluding carboxylic acids is 1. The monoisotopic (exact) mass is 287 g/mol. The Bertz CT molecular complexity index is 628. The van der Waals surface area contributed by atoms with Gasteiger partial charge in [0.1, 0.15) is 5.82 Å². The Labute approximate surface area is 123 Å². The topological polar surface area (TPSA) is 38.3 Å². The van der Waals surface area contributed by atoms with Gasteiger partial charge in [0.25, 0.3) is 0 Å². The number of hydrogen-bond acceptors (Lipinski definition) is 3. The van der Waals surface area contributed by atoms with Gasteiger partial charge >= 0.3 is 5.97 Å². The lowest BCUT2D eigenvalue weighted by Gasteiger charge is -2.18. The number of carbonyl (C=O) groups is 1. The van der Waals surface area contributed by atoms with Gasteiger partial charge < -0.3 is 10.1 Å². The molecule has 0 saturated heterocycles. The summed E-state index contributed by atoms with van der Waals surface area (Å²) in [6, 6.07) is 13.4. The van der Waals surface area contributed by atoms with E-state index in [0.29, 0.717) is 17.9 Å². The minimum absolute atomic E-state index is 0.128. The zero-order valence-corrected chi connectivity index (χ0v) is 12.1. The molecule has 2 aromatic carbocycles. The molecule has 1 atom stereocenters. The van der Waals surface area contributed by atoms with E-state index in [1.54, 1.807) is 25.1 Å².